The van der Waals surface area contributed by atoms with E-state index in [4.69, 9.17) is 9.47 Å². The molecule has 1 aromatic carbocycles. The molecule has 0 fully saturated rings. The van der Waals surface area contributed by atoms with Crippen molar-refractivity contribution in [2.24, 2.45) is 0 Å². The monoisotopic (exact) mass is 362 g/mol. The van der Waals surface area contributed by atoms with Crippen molar-refractivity contribution in [2.45, 2.75) is 13.0 Å². The molecule has 2 amide bonds. The van der Waals surface area contributed by atoms with Gasteiger partial charge in [0, 0.05) is 26.6 Å². The van der Waals surface area contributed by atoms with E-state index in [-0.39, 0.29) is 18.2 Å². The van der Waals surface area contributed by atoms with E-state index in [9.17, 15) is 9.59 Å². The summed E-state index contributed by atoms with van der Waals surface area (Å²) < 4.78 is 10.5. The van der Waals surface area contributed by atoms with Crippen molar-refractivity contribution in [1.82, 2.24) is 10.6 Å². The average Bonchev–Trinajstić information content (AvgIpc) is 3.15. The van der Waals surface area contributed by atoms with Gasteiger partial charge in [-0.25, -0.2) is 0 Å². The number of carbonyl (C=O) groups excluding carboxylic acids is 2. The fraction of sp³-hybridized carbons (Fsp3) is 0.333. The third-order valence-electron chi connectivity index (χ3n) is 3.33. The first kappa shape index (κ1) is 19.0. The predicted molar refractivity (Wildman–Crippen MR) is 96.9 cm³/mol. The summed E-state index contributed by atoms with van der Waals surface area (Å²) in [6.45, 7) is 1.73. The highest BCUT2D eigenvalue weighted by atomic mass is 32.1. The first-order chi connectivity index (χ1) is 12.2. The van der Waals surface area contributed by atoms with Gasteiger partial charge < -0.3 is 20.1 Å². The highest BCUT2D eigenvalue weighted by molar-refractivity contribution is 7.12. The lowest BCUT2D eigenvalue weighted by molar-refractivity contribution is -0.121. The van der Waals surface area contributed by atoms with Gasteiger partial charge >= 0.3 is 0 Å². The number of rotatable bonds is 10. The Kier molecular flexibility index (Phi) is 7.94. The third-order valence-corrected chi connectivity index (χ3v) is 4.20. The Morgan fingerprint density at radius 1 is 1.12 bits per heavy atom. The van der Waals surface area contributed by atoms with Crippen LogP contribution in [0.25, 0.3) is 0 Å². The molecule has 2 aromatic rings. The Morgan fingerprint density at radius 3 is 2.76 bits per heavy atom. The summed E-state index contributed by atoms with van der Waals surface area (Å²) in [5.74, 6) is 0.480. The molecule has 0 aliphatic heterocycles. The van der Waals surface area contributed by atoms with Crippen LogP contribution in [0.3, 0.4) is 0 Å². The molecule has 0 spiro atoms. The van der Waals surface area contributed by atoms with Gasteiger partial charge in [-0.15, -0.1) is 11.3 Å². The summed E-state index contributed by atoms with van der Waals surface area (Å²) >= 11 is 1.37. The van der Waals surface area contributed by atoms with Gasteiger partial charge in [-0.1, -0.05) is 18.2 Å². The van der Waals surface area contributed by atoms with Crippen molar-refractivity contribution in [3.63, 3.8) is 0 Å². The van der Waals surface area contributed by atoms with Crippen LogP contribution in [0.15, 0.2) is 41.8 Å². The van der Waals surface area contributed by atoms with Crippen LogP contribution in [0.2, 0.25) is 0 Å². The van der Waals surface area contributed by atoms with Gasteiger partial charge in [0.1, 0.15) is 12.4 Å². The van der Waals surface area contributed by atoms with Crippen molar-refractivity contribution in [2.75, 3.05) is 26.9 Å². The maximum Gasteiger partial charge on any atom is 0.261 e. The summed E-state index contributed by atoms with van der Waals surface area (Å²) in [7, 11) is 1.62. The summed E-state index contributed by atoms with van der Waals surface area (Å²) in [6.07, 6.45) is 0.237. The van der Waals surface area contributed by atoms with Crippen molar-refractivity contribution in [1.29, 1.82) is 0 Å². The van der Waals surface area contributed by atoms with E-state index < -0.39 is 0 Å². The molecule has 0 bridgehead atoms. The molecule has 6 nitrogen and oxygen atoms in total. The second kappa shape index (κ2) is 10.5. The molecule has 2 rings (SSSR count). The Hall–Kier alpha value is -2.38. The number of thiophene rings is 1. The molecule has 0 unspecified atom stereocenters. The summed E-state index contributed by atoms with van der Waals surface area (Å²) in [5, 5.41) is 7.41. The van der Waals surface area contributed by atoms with E-state index in [1.54, 1.807) is 13.2 Å². The Bertz CT molecular complexity index is 673. The normalized spacial score (nSPS) is 10.3. The van der Waals surface area contributed by atoms with Gasteiger partial charge in [0.2, 0.25) is 5.91 Å². The number of benzene rings is 1. The van der Waals surface area contributed by atoms with E-state index >= 15 is 0 Å². The van der Waals surface area contributed by atoms with Gasteiger partial charge in [-0.3, -0.25) is 9.59 Å². The zero-order chi connectivity index (χ0) is 17.9. The zero-order valence-electron chi connectivity index (χ0n) is 14.1. The topological polar surface area (TPSA) is 76.7 Å². The smallest absolute Gasteiger partial charge is 0.261 e. The maximum atomic E-state index is 11.9. The highest BCUT2D eigenvalue weighted by Gasteiger charge is 2.07. The predicted octanol–water partition coefficient (Wildman–Crippen LogP) is 2.21. The lowest BCUT2D eigenvalue weighted by atomic mass is 10.2. The molecule has 0 aliphatic rings. The average molecular weight is 362 g/mol. The first-order valence-corrected chi connectivity index (χ1v) is 8.86. The molecular formula is C18H22N2O4S. The number of amides is 2. The number of nitrogens with one attached hydrogen (secondary N) is 2. The van der Waals surface area contributed by atoms with Gasteiger partial charge in [-0.2, -0.15) is 0 Å². The molecule has 2 N–H and O–H groups in total. The second-order valence-corrected chi connectivity index (χ2v) is 6.20. The third kappa shape index (κ3) is 6.94. The largest absolute Gasteiger partial charge is 0.491 e. The Morgan fingerprint density at radius 2 is 2.00 bits per heavy atom. The molecule has 0 atom stereocenters. The number of hydrogen-bond donors (Lipinski definition) is 2. The van der Waals surface area contributed by atoms with Crippen LogP contribution in [0.5, 0.6) is 5.75 Å². The van der Waals surface area contributed by atoms with E-state index in [2.05, 4.69) is 10.6 Å². The van der Waals surface area contributed by atoms with Gasteiger partial charge in [0.05, 0.1) is 11.5 Å². The molecular weight excluding hydrogens is 340 g/mol. The van der Waals surface area contributed by atoms with Crippen molar-refractivity contribution < 1.29 is 19.1 Å². The minimum absolute atomic E-state index is 0.114. The highest BCUT2D eigenvalue weighted by Crippen LogP contribution is 2.13. The Labute approximate surface area is 151 Å². The van der Waals surface area contributed by atoms with Crippen LogP contribution >= 0.6 is 11.3 Å². The molecule has 1 heterocycles. The molecule has 134 valence electrons. The van der Waals surface area contributed by atoms with Crippen molar-refractivity contribution in [3.8, 4) is 5.75 Å². The zero-order valence-corrected chi connectivity index (χ0v) is 14.9. The fourth-order valence-electron chi connectivity index (χ4n) is 2.06. The van der Waals surface area contributed by atoms with Crippen LogP contribution in [-0.2, 0) is 16.1 Å². The SMILES string of the molecule is COCCOc1cccc(CNC(=O)CCNC(=O)c2cccs2)c1. The minimum Gasteiger partial charge on any atom is -0.491 e. The standard InChI is InChI=1S/C18H22N2O4S/c1-23-9-10-24-15-5-2-4-14(12-15)13-20-17(21)7-8-19-18(22)16-6-3-11-25-16/h2-6,11-12H,7-10,13H2,1H3,(H,19,22)(H,20,21). The van der Waals surface area contributed by atoms with Gasteiger partial charge in [0.15, 0.2) is 0 Å². The quantitative estimate of drug-likeness (QED) is 0.636. The molecule has 0 saturated carbocycles. The lowest BCUT2D eigenvalue weighted by Gasteiger charge is -2.09. The van der Waals surface area contributed by atoms with E-state index in [1.807, 2.05) is 35.7 Å². The van der Waals surface area contributed by atoms with Crippen molar-refractivity contribution >= 4 is 23.2 Å². The van der Waals surface area contributed by atoms with Crippen molar-refractivity contribution in [3.05, 3.63) is 52.2 Å². The lowest BCUT2D eigenvalue weighted by Crippen LogP contribution is -2.30. The van der Waals surface area contributed by atoms with Gasteiger partial charge in [-0.05, 0) is 29.1 Å². The molecule has 0 aliphatic carbocycles. The van der Waals surface area contributed by atoms with Crippen LogP contribution in [-0.4, -0.2) is 38.7 Å². The fourth-order valence-corrected chi connectivity index (χ4v) is 2.70. The molecule has 0 radical (unpaired) electrons. The number of hydrogen-bond acceptors (Lipinski definition) is 5. The minimum atomic E-state index is -0.149. The van der Waals surface area contributed by atoms with Crippen LogP contribution < -0.4 is 15.4 Å². The summed E-state index contributed by atoms with van der Waals surface area (Å²) in [6, 6.07) is 11.1. The second-order valence-electron chi connectivity index (χ2n) is 5.25. The maximum absolute atomic E-state index is 11.9. The first-order valence-electron chi connectivity index (χ1n) is 7.98. The molecule has 0 saturated heterocycles. The van der Waals surface area contributed by atoms with Crippen LogP contribution in [0.4, 0.5) is 0 Å². The van der Waals surface area contributed by atoms with Gasteiger partial charge in [0.25, 0.3) is 5.91 Å². The van der Waals surface area contributed by atoms with Crippen LogP contribution in [0, 0.1) is 0 Å². The van der Waals surface area contributed by atoms with E-state index in [0.29, 0.717) is 31.2 Å². The number of carbonyl (C=O) groups is 2. The molecule has 1 aromatic heterocycles. The Balaban J connectivity index is 1.67. The summed E-state index contributed by atoms with van der Waals surface area (Å²) in [4.78, 5) is 24.3. The number of ether oxygens (including phenoxy) is 2. The molecule has 25 heavy (non-hydrogen) atoms. The summed E-state index contributed by atoms with van der Waals surface area (Å²) in [5.41, 5.74) is 0.950. The van der Waals surface area contributed by atoms with E-state index in [0.717, 1.165) is 11.3 Å². The number of methoxy groups -OCH3 is 1. The molecule has 7 heteroatoms. The van der Waals surface area contributed by atoms with Crippen LogP contribution in [0.1, 0.15) is 21.7 Å². The van der Waals surface area contributed by atoms with E-state index in [1.165, 1.54) is 11.3 Å².